The maximum absolute atomic E-state index is 13.1. The van der Waals surface area contributed by atoms with Crippen molar-refractivity contribution in [3.8, 4) is 28.7 Å². The highest BCUT2D eigenvalue weighted by Crippen LogP contribution is 2.32. The summed E-state index contributed by atoms with van der Waals surface area (Å²) >= 11 is 6.30. The third-order valence-corrected chi connectivity index (χ3v) is 5.76. The van der Waals surface area contributed by atoms with Gasteiger partial charge in [0.25, 0.3) is 5.91 Å². The molecule has 0 radical (unpaired) electrons. The van der Waals surface area contributed by atoms with E-state index < -0.39 is 0 Å². The molecule has 3 heterocycles. The first-order chi connectivity index (χ1) is 17.4. The molecule has 0 aliphatic carbocycles. The lowest BCUT2D eigenvalue weighted by Crippen LogP contribution is -2.13. The Labute approximate surface area is 211 Å². The Morgan fingerprint density at radius 1 is 1.06 bits per heavy atom. The van der Waals surface area contributed by atoms with Crippen LogP contribution in [0.1, 0.15) is 27.8 Å². The topological polar surface area (TPSA) is 108 Å². The number of carbonyl (C=O) groups excluding carboxylic acids is 1. The standard InChI is InChI=1S/C26H21ClN6O3/c1-15-24(25(32-36-15)20-6-4-5-7-21(20)27)26(34)31-18-8-10-19(11-9-18)35-23-14-22(29-16(2)30-23)33-13-12-28-17(33)3/h4-14H,1-3H3,(H,31,34). The van der Waals surface area contributed by atoms with Crippen molar-refractivity contribution >= 4 is 23.2 Å². The highest BCUT2D eigenvalue weighted by Gasteiger charge is 2.23. The van der Waals surface area contributed by atoms with Crippen LogP contribution in [0.2, 0.25) is 5.02 Å². The second-order valence-electron chi connectivity index (χ2n) is 7.98. The molecule has 36 heavy (non-hydrogen) atoms. The van der Waals surface area contributed by atoms with Crippen molar-refractivity contribution in [3.05, 3.63) is 95.0 Å². The van der Waals surface area contributed by atoms with Crippen LogP contribution in [0.25, 0.3) is 17.1 Å². The fourth-order valence-corrected chi connectivity index (χ4v) is 3.94. The average molecular weight is 501 g/mol. The third kappa shape index (κ3) is 4.69. The number of rotatable bonds is 6. The van der Waals surface area contributed by atoms with Crippen molar-refractivity contribution in [2.45, 2.75) is 20.8 Å². The molecular weight excluding hydrogens is 480 g/mol. The molecule has 0 fully saturated rings. The van der Waals surface area contributed by atoms with Crippen molar-refractivity contribution in [1.82, 2.24) is 24.7 Å². The van der Waals surface area contributed by atoms with E-state index in [0.29, 0.717) is 56.6 Å². The summed E-state index contributed by atoms with van der Waals surface area (Å²) in [6.07, 6.45) is 3.53. The number of hydrogen-bond acceptors (Lipinski definition) is 7. The van der Waals surface area contributed by atoms with E-state index in [4.69, 9.17) is 20.9 Å². The number of carbonyl (C=O) groups is 1. The Morgan fingerprint density at radius 2 is 1.83 bits per heavy atom. The second kappa shape index (κ2) is 9.63. The predicted octanol–water partition coefficient (Wildman–Crippen LogP) is 5.94. The van der Waals surface area contributed by atoms with Gasteiger partial charge in [-0.3, -0.25) is 9.36 Å². The maximum atomic E-state index is 13.1. The van der Waals surface area contributed by atoms with Gasteiger partial charge in [-0.05, 0) is 51.1 Å². The average Bonchev–Trinajstić information content (AvgIpc) is 3.45. The molecule has 0 aliphatic heterocycles. The number of nitrogens with one attached hydrogen (secondary N) is 1. The van der Waals surface area contributed by atoms with Gasteiger partial charge in [-0.2, -0.15) is 4.98 Å². The fraction of sp³-hybridized carbons (Fsp3) is 0.115. The highest BCUT2D eigenvalue weighted by atomic mass is 35.5. The first-order valence-electron chi connectivity index (χ1n) is 11.1. The molecule has 0 saturated heterocycles. The predicted molar refractivity (Wildman–Crippen MR) is 135 cm³/mol. The Kier molecular flexibility index (Phi) is 6.22. The SMILES string of the molecule is Cc1nc(Oc2ccc(NC(=O)c3c(-c4ccccc4Cl)noc3C)cc2)cc(-n2ccnc2C)n1. The van der Waals surface area contributed by atoms with Gasteiger partial charge < -0.3 is 14.6 Å². The van der Waals surface area contributed by atoms with Crippen LogP contribution in [-0.2, 0) is 0 Å². The van der Waals surface area contributed by atoms with Gasteiger partial charge in [0.1, 0.15) is 40.2 Å². The van der Waals surface area contributed by atoms with E-state index in [1.165, 1.54) is 0 Å². The van der Waals surface area contributed by atoms with E-state index in [1.807, 2.05) is 29.8 Å². The van der Waals surface area contributed by atoms with Crippen LogP contribution in [0, 0.1) is 20.8 Å². The molecule has 5 rings (SSSR count). The summed E-state index contributed by atoms with van der Waals surface area (Å²) in [4.78, 5) is 26.1. The molecule has 0 aliphatic rings. The van der Waals surface area contributed by atoms with Crippen molar-refractivity contribution in [2.24, 2.45) is 0 Å². The van der Waals surface area contributed by atoms with Gasteiger partial charge >= 0.3 is 0 Å². The van der Waals surface area contributed by atoms with E-state index in [0.717, 1.165) is 5.82 Å². The molecule has 3 aromatic heterocycles. The zero-order valence-corrected chi connectivity index (χ0v) is 20.4. The first-order valence-corrected chi connectivity index (χ1v) is 11.4. The van der Waals surface area contributed by atoms with E-state index in [1.54, 1.807) is 62.5 Å². The number of hydrogen-bond donors (Lipinski definition) is 1. The number of imidazole rings is 1. The Bertz CT molecular complexity index is 1560. The van der Waals surface area contributed by atoms with Gasteiger partial charge in [0.15, 0.2) is 0 Å². The number of anilines is 1. The van der Waals surface area contributed by atoms with Crippen LogP contribution >= 0.6 is 11.6 Å². The van der Waals surface area contributed by atoms with Crippen LogP contribution < -0.4 is 10.1 Å². The van der Waals surface area contributed by atoms with Crippen molar-refractivity contribution in [3.63, 3.8) is 0 Å². The molecule has 0 spiro atoms. The van der Waals surface area contributed by atoms with Crippen LogP contribution in [0.4, 0.5) is 5.69 Å². The molecule has 1 N–H and O–H groups in total. The number of halogens is 1. The number of aryl methyl sites for hydroxylation is 3. The third-order valence-electron chi connectivity index (χ3n) is 5.43. The first kappa shape index (κ1) is 23.3. The van der Waals surface area contributed by atoms with Crippen LogP contribution in [0.15, 0.2) is 71.5 Å². The van der Waals surface area contributed by atoms with E-state index >= 15 is 0 Å². The molecule has 0 saturated carbocycles. The largest absolute Gasteiger partial charge is 0.439 e. The van der Waals surface area contributed by atoms with E-state index in [2.05, 4.69) is 25.4 Å². The quantitative estimate of drug-likeness (QED) is 0.307. The van der Waals surface area contributed by atoms with E-state index in [-0.39, 0.29) is 5.91 Å². The monoisotopic (exact) mass is 500 g/mol. The minimum Gasteiger partial charge on any atom is -0.439 e. The van der Waals surface area contributed by atoms with Gasteiger partial charge in [0.05, 0.1) is 5.02 Å². The Hall–Kier alpha value is -4.50. The number of amides is 1. The molecule has 2 aromatic carbocycles. The van der Waals surface area contributed by atoms with Crippen LogP contribution in [0.3, 0.4) is 0 Å². The lowest BCUT2D eigenvalue weighted by molar-refractivity contribution is 0.102. The zero-order chi connectivity index (χ0) is 25.2. The van der Waals surface area contributed by atoms with Crippen molar-refractivity contribution in [1.29, 1.82) is 0 Å². The van der Waals surface area contributed by atoms with Gasteiger partial charge in [-0.25, -0.2) is 9.97 Å². The maximum Gasteiger partial charge on any atom is 0.261 e. The number of aromatic nitrogens is 5. The smallest absolute Gasteiger partial charge is 0.261 e. The molecule has 1 amide bonds. The van der Waals surface area contributed by atoms with E-state index in [9.17, 15) is 4.79 Å². The van der Waals surface area contributed by atoms with Gasteiger partial charge in [0.2, 0.25) is 5.88 Å². The summed E-state index contributed by atoms with van der Waals surface area (Å²) in [5.74, 6) is 3.02. The van der Waals surface area contributed by atoms with Crippen molar-refractivity contribution < 1.29 is 14.1 Å². The normalized spacial score (nSPS) is 10.9. The van der Waals surface area contributed by atoms with Crippen LogP contribution in [-0.4, -0.2) is 30.6 Å². The molecule has 9 nitrogen and oxygen atoms in total. The molecule has 5 aromatic rings. The highest BCUT2D eigenvalue weighted by molar-refractivity contribution is 6.33. The molecule has 180 valence electrons. The van der Waals surface area contributed by atoms with Gasteiger partial charge in [-0.1, -0.05) is 35.0 Å². The lowest BCUT2D eigenvalue weighted by Gasteiger charge is -2.10. The second-order valence-corrected chi connectivity index (χ2v) is 8.39. The Morgan fingerprint density at radius 3 is 2.56 bits per heavy atom. The Balaban J connectivity index is 1.33. The minimum atomic E-state index is -0.357. The van der Waals surface area contributed by atoms with Crippen molar-refractivity contribution in [2.75, 3.05) is 5.32 Å². The lowest BCUT2D eigenvalue weighted by atomic mass is 10.1. The summed E-state index contributed by atoms with van der Waals surface area (Å²) in [6, 6.07) is 15.9. The molecule has 10 heteroatoms. The summed E-state index contributed by atoms with van der Waals surface area (Å²) in [5.41, 5.74) is 1.91. The zero-order valence-electron chi connectivity index (χ0n) is 19.7. The molecule has 0 bridgehead atoms. The summed E-state index contributed by atoms with van der Waals surface area (Å²) in [7, 11) is 0. The molecule has 0 atom stereocenters. The number of ether oxygens (including phenoxy) is 1. The summed E-state index contributed by atoms with van der Waals surface area (Å²) < 4.78 is 13.1. The van der Waals surface area contributed by atoms with Gasteiger partial charge in [-0.15, -0.1) is 0 Å². The summed E-state index contributed by atoms with van der Waals surface area (Å²) in [5, 5.41) is 7.41. The fourth-order valence-electron chi connectivity index (χ4n) is 3.72. The number of benzene rings is 2. The number of nitrogens with zero attached hydrogens (tertiary/aromatic N) is 5. The van der Waals surface area contributed by atoms with Crippen LogP contribution in [0.5, 0.6) is 11.6 Å². The molecule has 0 unspecified atom stereocenters. The molecular formula is C26H21ClN6O3. The minimum absolute atomic E-state index is 0.321. The summed E-state index contributed by atoms with van der Waals surface area (Å²) in [6.45, 7) is 5.37. The van der Waals surface area contributed by atoms with Gasteiger partial charge in [0, 0.05) is 29.7 Å².